The van der Waals surface area contributed by atoms with Crippen molar-refractivity contribution in [2.45, 2.75) is 13.8 Å². The first-order valence-corrected chi connectivity index (χ1v) is 8.91. The largest absolute Gasteiger partial charge is 0.337 e. The van der Waals surface area contributed by atoms with Crippen molar-refractivity contribution in [1.29, 1.82) is 0 Å². The van der Waals surface area contributed by atoms with Crippen molar-refractivity contribution >= 4 is 34.0 Å². The summed E-state index contributed by atoms with van der Waals surface area (Å²) in [7, 11) is 0. The molecule has 4 rings (SSSR count). The number of fused-ring (bicyclic) bond motifs is 1. The Labute approximate surface area is 162 Å². The summed E-state index contributed by atoms with van der Waals surface area (Å²) in [6.07, 6.45) is 4.75. The smallest absolute Gasteiger partial charge is 0.275 e. The zero-order chi connectivity index (χ0) is 19.5. The summed E-state index contributed by atoms with van der Waals surface area (Å²) in [5.41, 5.74) is 4.85. The Bertz CT molecular complexity index is 1130. The summed E-state index contributed by atoms with van der Waals surface area (Å²) in [6, 6.07) is 15.7. The highest BCUT2D eigenvalue weighted by molar-refractivity contribution is 6.02. The van der Waals surface area contributed by atoms with Gasteiger partial charge in [0.2, 0.25) is 0 Å². The zero-order valence-corrected chi connectivity index (χ0v) is 15.6. The molecule has 2 heterocycles. The lowest BCUT2D eigenvalue weighted by molar-refractivity contribution is 0.102. The first-order valence-electron chi connectivity index (χ1n) is 8.91. The molecule has 28 heavy (non-hydrogen) atoms. The molecule has 0 aliphatic rings. The molecule has 0 radical (unpaired) electrons. The van der Waals surface area contributed by atoms with Crippen molar-refractivity contribution in [3.05, 3.63) is 83.9 Å². The van der Waals surface area contributed by atoms with Crippen molar-refractivity contribution in [2.24, 2.45) is 0 Å². The van der Waals surface area contributed by atoms with Crippen LogP contribution in [0.5, 0.6) is 0 Å². The van der Waals surface area contributed by atoms with Crippen molar-refractivity contribution in [3.63, 3.8) is 0 Å². The van der Waals surface area contributed by atoms with Crippen LogP contribution in [0.3, 0.4) is 0 Å². The number of para-hydroxylation sites is 1. The van der Waals surface area contributed by atoms with Crippen LogP contribution in [0.25, 0.3) is 10.9 Å². The van der Waals surface area contributed by atoms with Gasteiger partial charge in [-0.3, -0.25) is 9.78 Å². The topological polar surface area (TPSA) is 79.8 Å². The van der Waals surface area contributed by atoms with Gasteiger partial charge in [-0.15, -0.1) is 0 Å². The predicted molar refractivity (Wildman–Crippen MR) is 111 cm³/mol. The van der Waals surface area contributed by atoms with Gasteiger partial charge in [0, 0.05) is 17.3 Å². The van der Waals surface area contributed by atoms with Gasteiger partial charge in [-0.2, -0.15) is 0 Å². The summed E-state index contributed by atoms with van der Waals surface area (Å²) in [6.45, 7) is 3.98. The van der Waals surface area contributed by atoms with E-state index in [9.17, 15) is 4.79 Å². The fraction of sp³-hybridized carbons (Fsp3) is 0.0909. The van der Waals surface area contributed by atoms with E-state index >= 15 is 0 Å². The first kappa shape index (κ1) is 17.6. The highest BCUT2D eigenvalue weighted by atomic mass is 16.1. The number of aromatic nitrogens is 3. The van der Waals surface area contributed by atoms with E-state index in [0.717, 1.165) is 33.4 Å². The van der Waals surface area contributed by atoms with Crippen LogP contribution in [0.1, 0.15) is 21.6 Å². The van der Waals surface area contributed by atoms with Crippen LogP contribution < -0.4 is 10.6 Å². The molecule has 0 bridgehead atoms. The van der Waals surface area contributed by atoms with Crippen molar-refractivity contribution in [2.75, 3.05) is 10.6 Å². The van der Waals surface area contributed by atoms with Crippen molar-refractivity contribution in [1.82, 2.24) is 15.0 Å². The molecular weight excluding hydrogens is 350 g/mol. The standard InChI is InChI=1S/C22H19N5O/c1-14-9-15(2)11-17(10-14)26-22(28)19-12-25-20(13-24-19)27-18-7-3-5-16-6-4-8-23-21(16)18/h3-13H,1-2H3,(H,25,27)(H,26,28). The fourth-order valence-corrected chi connectivity index (χ4v) is 3.09. The molecule has 2 N–H and O–H groups in total. The van der Waals surface area contributed by atoms with Crippen LogP contribution in [-0.2, 0) is 0 Å². The molecular formula is C22H19N5O. The number of hydrogen-bond donors (Lipinski definition) is 2. The van der Waals surface area contributed by atoms with E-state index in [0.29, 0.717) is 5.82 Å². The Morgan fingerprint density at radius 2 is 1.68 bits per heavy atom. The number of hydrogen-bond acceptors (Lipinski definition) is 5. The molecule has 0 aliphatic carbocycles. The molecule has 0 spiro atoms. The third-order valence-corrected chi connectivity index (χ3v) is 4.26. The average Bonchev–Trinajstić information content (AvgIpc) is 2.68. The van der Waals surface area contributed by atoms with Gasteiger partial charge in [-0.05, 0) is 49.2 Å². The van der Waals surface area contributed by atoms with E-state index in [4.69, 9.17) is 0 Å². The minimum atomic E-state index is -0.295. The Morgan fingerprint density at radius 3 is 2.43 bits per heavy atom. The van der Waals surface area contributed by atoms with Gasteiger partial charge in [0.05, 0.1) is 23.6 Å². The van der Waals surface area contributed by atoms with Gasteiger partial charge in [0.1, 0.15) is 11.5 Å². The molecule has 2 aromatic carbocycles. The molecule has 0 saturated heterocycles. The lowest BCUT2D eigenvalue weighted by atomic mass is 10.1. The van der Waals surface area contributed by atoms with Crippen molar-refractivity contribution < 1.29 is 4.79 Å². The van der Waals surface area contributed by atoms with Crippen LogP contribution in [0.2, 0.25) is 0 Å². The van der Waals surface area contributed by atoms with E-state index in [1.165, 1.54) is 12.4 Å². The maximum Gasteiger partial charge on any atom is 0.275 e. The van der Waals surface area contributed by atoms with Gasteiger partial charge < -0.3 is 10.6 Å². The van der Waals surface area contributed by atoms with Gasteiger partial charge in [-0.25, -0.2) is 9.97 Å². The molecule has 0 atom stereocenters. The number of benzene rings is 2. The number of nitrogens with zero attached hydrogens (tertiary/aromatic N) is 3. The summed E-state index contributed by atoms with van der Waals surface area (Å²) in [5, 5.41) is 7.10. The average molecular weight is 369 g/mol. The molecule has 2 aromatic heterocycles. The second-order valence-electron chi connectivity index (χ2n) is 6.62. The summed E-state index contributed by atoms with van der Waals surface area (Å²) < 4.78 is 0. The predicted octanol–water partition coefficient (Wildman–Crippen LogP) is 4.64. The SMILES string of the molecule is Cc1cc(C)cc(NC(=O)c2cnc(Nc3cccc4cccnc34)cn2)c1. The zero-order valence-electron chi connectivity index (χ0n) is 15.6. The fourth-order valence-electron chi connectivity index (χ4n) is 3.09. The number of aryl methyl sites for hydroxylation is 2. The molecule has 138 valence electrons. The van der Waals surface area contributed by atoms with Gasteiger partial charge in [0.25, 0.3) is 5.91 Å². The summed E-state index contributed by atoms with van der Waals surface area (Å²) in [5.74, 6) is 0.247. The van der Waals surface area contributed by atoms with E-state index < -0.39 is 0 Å². The molecule has 1 amide bonds. The van der Waals surface area contributed by atoms with Crippen LogP contribution in [0.15, 0.2) is 67.1 Å². The van der Waals surface area contributed by atoms with Crippen molar-refractivity contribution in [3.8, 4) is 0 Å². The molecule has 4 aromatic rings. The molecule has 6 heteroatoms. The molecule has 0 aliphatic heterocycles. The second-order valence-corrected chi connectivity index (χ2v) is 6.62. The van der Waals surface area contributed by atoms with E-state index in [2.05, 4.69) is 31.7 Å². The van der Waals surface area contributed by atoms with Crippen LogP contribution in [-0.4, -0.2) is 20.9 Å². The Morgan fingerprint density at radius 1 is 0.893 bits per heavy atom. The number of pyridine rings is 1. The maximum atomic E-state index is 12.4. The summed E-state index contributed by atoms with van der Waals surface area (Å²) in [4.78, 5) is 25.4. The van der Waals surface area contributed by atoms with E-state index in [1.807, 2.05) is 56.3 Å². The highest BCUT2D eigenvalue weighted by Gasteiger charge is 2.10. The molecule has 0 saturated carbocycles. The molecule has 0 fully saturated rings. The Hall–Kier alpha value is -3.80. The monoisotopic (exact) mass is 369 g/mol. The lowest BCUT2D eigenvalue weighted by Gasteiger charge is -2.09. The van der Waals surface area contributed by atoms with E-state index in [1.54, 1.807) is 6.20 Å². The summed E-state index contributed by atoms with van der Waals surface area (Å²) >= 11 is 0. The number of carbonyl (C=O) groups excluding carboxylic acids is 1. The van der Waals surface area contributed by atoms with Crippen LogP contribution >= 0.6 is 0 Å². The third kappa shape index (κ3) is 3.81. The Kier molecular flexibility index (Phi) is 4.68. The van der Waals surface area contributed by atoms with Gasteiger partial charge in [-0.1, -0.05) is 24.3 Å². The number of nitrogens with one attached hydrogen (secondary N) is 2. The minimum absolute atomic E-state index is 0.251. The van der Waals surface area contributed by atoms with Gasteiger partial charge >= 0.3 is 0 Å². The van der Waals surface area contributed by atoms with Crippen LogP contribution in [0.4, 0.5) is 17.2 Å². The number of amides is 1. The number of rotatable bonds is 4. The number of carbonyl (C=O) groups is 1. The number of anilines is 3. The quantitative estimate of drug-likeness (QED) is 0.548. The minimum Gasteiger partial charge on any atom is -0.337 e. The maximum absolute atomic E-state index is 12.4. The first-order chi connectivity index (χ1) is 13.6. The van der Waals surface area contributed by atoms with E-state index in [-0.39, 0.29) is 11.6 Å². The third-order valence-electron chi connectivity index (χ3n) is 4.26. The van der Waals surface area contributed by atoms with Crippen LogP contribution in [0, 0.1) is 13.8 Å². The Balaban J connectivity index is 1.51. The highest BCUT2D eigenvalue weighted by Crippen LogP contribution is 2.23. The normalized spacial score (nSPS) is 10.6. The molecule has 6 nitrogen and oxygen atoms in total. The lowest BCUT2D eigenvalue weighted by Crippen LogP contribution is -2.14. The van der Waals surface area contributed by atoms with Gasteiger partial charge in [0.15, 0.2) is 0 Å². The molecule has 0 unspecified atom stereocenters. The second kappa shape index (κ2) is 7.44.